The average Bonchev–Trinajstić information content (AvgIpc) is 3.67. The highest BCUT2D eigenvalue weighted by Gasteiger charge is 2.46. The van der Waals surface area contributed by atoms with E-state index in [0.717, 1.165) is 19.3 Å². The van der Waals surface area contributed by atoms with Crippen molar-refractivity contribution in [1.29, 1.82) is 0 Å². The molecule has 0 aromatic heterocycles. The van der Waals surface area contributed by atoms with Gasteiger partial charge >= 0.3 is 0 Å². The van der Waals surface area contributed by atoms with Gasteiger partial charge in [-0.2, -0.15) is 0 Å². The molecule has 1 atom stereocenters. The highest BCUT2D eigenvalue weighted by Crippen LogP contribution is 2.55. The quantitative estimate of drug-likeness (QED) is 0.168. The van der Waals surface area contributed by atoms with Gasteiger partial charge in [0, 0.05) is 5.54 Å². The Morgan fingerprint density at radius 3 is 1.89 bits per heavy atom. The van der Waals surface area contributed by atoms with Gasteiger partial charge in [0.15, 0.2) is 0 Å². The van der Waals surface area contributed by atoms with Crippen molar-refractivity contribution < 1.29 is 0 Å². The molecule has 45 heavy (non-hydrogen) atoms. The number of aryl methyl sites for hydroxylation is 2. The van der Waals surface area contributed by atoms with Gasteiger partial charge in [0.1, 0.15) is 0 Å². The first-order chi connectivity index (χ1) is 22.0. The molecule has 0 bridgehead atoms. The van der Waals surface area contributed by atoms with E-state index in [4.69, 9.17) is 0 Å². The number of allylic oxidation sites excluding steroid dienone is 2. The zero-order valence-electron chi connectivity index (χ0n) is 26.8. The second-order valence-corrected chi connectivity index (χ2v) is 18.0. The van der Waals surface area contributed by atoms with Gasteiger partial charge in [0.2, 0.25) is 0 Å². The van der Waals surface area contributed by atoms with Crippen molar-refractivity contribution in [2.24, 2.45) is 0 Å². The van der Waals surface area contributed by atoms with Crippen molar-refractivity contribution in [3.63, 3.8) is 0 Å². The SMILES string of the molecule is CCc1cc(C2=Cc3ccccc3C2[Si](C)(C)C2=C(c3cc(CC)cc4ccccc34)Cc3ccccc32)c2ccccc2c1. The summed E-state index contributed by atoms with van der Waals surface area (Å²) in [4.78, 5) is 0. The number of fused-ring (bicyclic) bond motifs is 4. The van der Waals surface area contributed by atoms with Gasteiger partial charge in [-0.25, -0.2) is 0 Å². The Kier molecular flexibility index (Phi) is 6.77. The minimum absolute atomic E-state index is 0.348. The van der Waals surface area contributed by atoms with E-state index in [1.165, 1.54) is 71.6 Å². The van der Waals surface area contributed by atoms with Crippen LogP contribution in [0.5, 0.6) is 0 Å². The zero-order chi connectivity index (χ0) is 30.7. The van der Waals surface area contributed by atoms with Crippen LogP contribution >= 0.6 is 0 Å². The van der Waals surface area contributed by atoms with Crippen molar-refractivity contribution in [3.8, 4) is 0 Å². The minimum atomic E-state index is -2.25. The molecule has 220 valence electrons. The number of hydrogen-bond donors (Lipinski definition) is 0. The van der Waals surface area contributed by atoms with Crippen molar-refractivity contribution in [1.82, 2.24) is 0 Å². The predicted molar refractivity (Wildman–Crippen MR) is 198 cm³/mol. The molecule has 0 heterocycles. The smallest absolute Gasteiger partial charge is 0.0647 e. The summed E-state index contributed by atoms with van der Waals surface area (Å²) in [6.45, 7) is 9.88. The lowest BCUT2D eigenvalue weighted by molar-refractivity contribution is 1.14. The first kappa shape index (κ1) is 28.0. The Balaban J connectivity index is 1.41. The Bertz CT molecular complexity index is 2190. The first-order valence-electron chi connectivity index (χ1n) is 16.6. The number of benzene rings is 6. The lowest BCUT2D eigenvalue weighted by atomic mass is 9.93. The third-order valence-electron chi connectivity index (χ3n) is 10.5. The normalized spacial score (nSPS) is 15.9. The van der Waals surface area contributed by atoms with Crippen LogP contribution in [0, 0.1) is 0 Å². The van der Waals surface area contributed by atoms with E-state index in [1.807, 2.05) is 0 Å². The fourth-order valence-corrected chi connectivity index (χ4v) is 12.7. The largest absolute Gasteiger partial charge is 0.0939 e. The Morgan fingerprint density at radius 2 is 1.18 bits per heavy atom. The standard InChI is InChI=1S/C44H40Si/c1-5-29-23-31-15-7-11-19-35(31)39(25-29)41-27-33-17-9-13-21-37(33)43(41)45(3,4)44-38-22-14-10-18-34(38)28-42(44)40-26-30(6-2)24-32-16-8-12-20-36(32)40/h7-27,43H,5-6,28H2,1-4H3. The fourth-order valence-electron chi connectivity index (χ4n) is 8.45. The van der Waals surface area contributed by atoms with Crippen LogP contribution < -0.4 is 0 Å². The average molecular weight is 597 g/mol. The topological polar surface area (TPSA) is 0 Å². The van der Waals surface area contributed by atoms with Crippen LogP contribution in [0.3, 0.4) is 0 Å². The zero-order valence-corrected chi connectivity index (χ0v) is 27.8. The number of hydrogen-bond acceptors (Lipinski definition) is 0. The highest BCUT2D eigenvalue weighted by molar-refractivity contribution is 6.98. The Morgan fingerprint density at radius 1 is 0.600 bits per heavy atom. The molecule has 0 spiro atoms. The molecular formula is C44H40Si. The summed E-state index contributed by atoms with van der Waals surface area (Å²) in [5, 5.41) is 7.08. The predicted octanol–water partition coefficient (Wildman–Crippen LogP) is 11.7. The van der Waals surface area contributed by atoms with Gasteiger partial charge in [-0.3, -0.25) is 0 Å². The molecule has 8 rings (SSSR count). The second kappa shape index (κ2) is 10.9. The van der Waals surface area contributed by atoms with Crippen LogP contribution in [-0.2, 0) is 19.3 Å². The third kappa shape index (κ3) is 4.48. The van der Waals surface area contributed by atoms with E-state index in [9.17, 15) is 0 Å². The van der Waals surface area contributed by atoms with Crippen LogP contribution in [0.25, 0.3) is 44.0 Å². The van der Waals surface area contributed by atoms with Crippen molar-refractivity contribution >= 4 is 52.0 Å². The van der Waals surface area contributed by atoms with E-state index < -0.39 is 8.07 Å². The summed E-state index contributed by atoms with van der Waals surface area (Å²) >= 11 is 0. The van der Waals surface area contributed by atoms with Gasteiger partial charge in [-0.05, 0) is 102 Å². The molecule has 6 aromatic carbocycles. The van der Waals surface area contributed by atoms with Crippen LogP contribution in [-0.4, -0.2) is 8.07 Å². The van der Waals surface area contributed by atoms with Crippen molar-refractivity contribution in [2.45, 2.75) is 51.7 Å². The molecule has 0 radical (unpaired) electrons. The van der Waals surface area contributed by atoms with Gasteiger partial charge in [-0.1, -0.05) is 154 Å². The molecule has 2 aliphatic carbocycles. The molecule has 0 nitrogen and oxygen atoms in total. The molecule has 0 amide bonds. The summed E-state index contributed by atoms with van der Waals surface area (Å²) in [7, 11) is -2.25. The molecule has 0 fully saturated rings. The van der Waals surface area contributed by atoms with E-state index in [2.05, 4.69) is 154 Å². The summed E-state index contributed by atoms with van der Waals surface area (Å²) in [6.07, 6.45) is 5.61. The van der Waals surface area contributed by atoms with Crippen LogP contribution in [0.15, 0.2) is 121 Å². The van der Waals surface area contributed by atoms with E-state index in [0.29, 0.717) is 5.54 Å². The highest BCUT2D eigenvalue weighted by atomic mass is 28.3. The molecule has 0 saturated heterocycles. The van der Waals surface area contributed by atoms with Crippen LogP contribution in [0.4, 0.5) is 0 Å². The van der Waals surface area contributed by atoms with Gasteiger partial charge in [-0.15, -0.1) is 0 Å². The summed E-state index contributed by atoms with van der Waals surface area (Å²) in [5.41, 5.74) is 14.9. The molecular weight excluding hydrogens is 557 g/mol. The van der Waals surface area contributed by atoms with Gasteiger partial charge in [0.05, 0.1) is 8.07 Å². The molecule has 1 unspecified atom stereocenters. The van der Waals surface area contributed by atoms with E-state index in [1.54, 1.807) is 10.8 Å². The summed E-state index contributed by atoms with van der Waals surface area (Å²) < 4.78 is 0. The molecule has 2 aliphatic rings. The monoisotopic (exact) mass is 596 g/mol. The maximum Gasteiger partial charge on any atom is 0.0939 e. The third-order valence-corrected chi connectivity index (χ3v) is 14.5. The molecule has 6 aromatic rings. The van der Waals surface area contributed by atoms with E-state index >= 15 is 0 Å². The molecule has 0 aliphatic heterocycles. The van der Waals surface area contributed by atoms with Crippen molar-refractivity contribution in [3.05, 3.63) is 166 Å². The fraction of sp³-hybridized carbons (Fsp3) is 0.182. The maximum absolute atomic E-state index is 2.66. The summed E-state index contributed by atoms with van der Waals surface area (Å²) in [6, 6.07) is 46.3. The minimum Gasteiger partial charge on any atom is -0.0647 e. The molecule has 0 saturated carbocycles. The van der Waals surface area contributed by atoms with Crippen LogP contribution in [0.1, 0.15) is 63.9 Å². The van der Waals surface area contributed by atoms with Crippen molar-refractivity contribution in [2.75, 3.05) is 0 Å². The van der Waals surface area contributed by atoms with Gasteiger partial charge in [0.25, 0.3) is 0 Å². The maximum atomic E-state index is 2.66. The molecule has 1 heteroatoms. The Hall–Kier alpha value is -4.46. The first-order valence-corrected chi connectivity index (χ1v) is 19.7. The Labute approximate surface area is 268 Å². The summed E-state index contributed by atoms with van der Waals surface area (Å²) in [5.74, 6) is 0. The number of rotatable bonds is 6. The molecule has 0 N–H and O–H groups in total. The van der Waals surface area contributed by atoms with Gasteiger partial charge < -0.3 is 0 Å². The lowest BCUT2D eigenvalue weighted by Crippen LogP contribution is -2.37. The second-order valence-electron chi connectivity index (χ2n) is 13.5. The van der Waals surface area contributed by atoms with Crippen LogP contribution in [0.2, 0.25) is 13.1 Å². The van der Waals surface area contributed by atoms with E-state index in [-0.39, 0.29) is 0 Å². The lowest BCUT2D eigenvalue weighted by Gasteiger charge is -2.36.